The van der Waals surface area contributed by atoms with Crippen LogP contribution in [-0.4, -0.2) is 47.2 Å². The Bertz CT molecular complexity index is 1020. The number of carboxylic acids is 1. The fourth-order valence-corrected chi connectivity index (χ4v) is 4.60. The Morgan fingerprint density at radius 3 is 2.69 bits per heavy atom. The minimum Gasteiger partial charge on any atom is -0.478 e. The van der Waals surface area contributed by atoms with Gasteiger partial charge in [-0.05, 0) is 24.7 Å². The summed E-state index contributed by atoms with van der Waals surface area (Å²) >= 11 is 0. The molecule has 0 spiro atoms. The van der Waals surface area contributed by atoms with Crippen molar-refractivity contribution < 1.29 is 9.90 Å². The number of fused-ring (bicyclic) bond motifs is 7. The van der Waals surface area contributed by atoms with Crippen LogP contribution in [0.2, 0.25) is 0 Å². The van der Waals surface area contributed by atoms with Crippen molar-refractivity contribution in [2.75, 3.05) is 31.6 Å². The Labute approximate surface area is 152 Å². The molecule has 1 atom stereocenters. The molecule has 1 aromatic heterocycles. The number of para-hydroxylation sites is 2. The fraction of sp³-hybridized carbons (Fsp3) is 0.286. The van der Waals surface area contributed by atoms with Crippen molar-refractivity contribution in [1.82, 2.24) is 9.47 Å². The molecule has 2 aliphatic rings. The third-order valence-corrected chi connectivity index (χ3v) is 5.75. The molecule has 132 valence electrons. The van der Waals surface area contributed by atoms with Gasteiger partial charge in [0.25, 0.3) is 0 Å². The van der Waals surface area contributed by atoms with Gasteiger partial charge in [-0.2, -0.15) is 0 Å². The lowest BCUT2D eigenvalue weighted by Crippen LogP contribution is -2.47. The second-order valence-electron chi connectivity index (χ2n) is 7.27. The molecule has 3 heterocycles. The maximum Gasteiger partial charge on any atom is 0.338 e. The summed E-state index contributed by atoms with van der Waals surface area (Å²) in [6.45, 7) is 3.41. The van der Waals surface area contributed by atoms with E-state index < -0.39 is 5.97 Å². The minimum atomic E-state index is -0.839. The quantitative estimate of drug-likeness (QED) is 0.734. The van der Waals surface area contributed by atoms with Crippen molar-refractivity contribution in [3.05, 3.63) is 65.4 Å². The smallest absolute Gasteiger partial charge is 0.338 e. The number of piperazine rings is 1. The third kappa shape index (κ3) is 2.10. The average Bonchev–Trinajstić information content (AvgIpc) is 2.89. The van der Waals surface area contributed by atoms with Crippen LogP contribution in [0.4, 0.5) is 5.69 Å². The normalized spacial score (nSPS) is 19.6. The number of hydrogen-bond acceptors (Lipinski definition) is 3. The van der Waals surface area contributed by atoms with Crippen LogP contribution in [-0.2, 0) is 6.54 Å². The largest absolute Gasteiger partial charge is 0.478 e. The van der Waals surface area contributed by atoms with Gasteiger partial charge in [-0.1, -0.05) is 36.4 Å². The molecule has 1 saturated heterocycles. The summed E-state index contributed by atoms with van der Waals surface area (Å²) in [5.41, 5.74) is 4.87. The average molecular weight is 347 g/mol. The Hall–Kier alpha value is -2.79. The first-order valence-electron chi connectivity index (χ1n) is 9.02. The number of rotatable bonds is 1. The molecule has 3 aromatic rings. The number of anilines is 1. The summed E-state index contributed by atoms with van der Waals surface area (Å²) < 4.78 is 2.22. The summed E-state index contributed by atoms with van der Waals surface area (Å²) in [7, 11) is 2.11. The van der Waals surface area contributed by atoms with Crippen LogP contribution in [0, 0.1) is 0 Å². The van der Waals surface area contributed by atoms with Crippen LogP contribution in [0.1, 0.15) is 27.7 Å². The van der Waals surface area contributed by atoms with Crippen LogP contribution in [0.15, 0.2) is 48.5 Å². The lowest BCUT2D eigenvalue weighted by Gasteiger charge is -2.41. The van der Waals surface area contributed by atoms with Gasteiger partial charge in [0, 0.05) is 42.8 Å². The molecule has 0 saturated carbocycles. The first kappa shape index (κ1) is 15.5. The summed E-state index contributed by atoms with van der Waals surface area (Å²) in [5.74, 6) is -0.839. The lowest BCUT2D eigenvalue weighted by atomic mass is 10.0. The molecule has 0 amide bonds. The Balaban J connectivity index is 1.86. The molecule has 5 nitrogen and oxygen atoms in total. The number of aromatic nitrogens is 1. The van der Waals surface area contributed by atoms with Gasteiger partial charge < -0.3 is 19.5 Å². The molecule has 26 heavy (non-hydrogen) atoms. The third-order valence-electron chi connectivity index (χ3n) is 5.75. The highest BCUT2D eigenvalue weighted by molar-refractivity contribution is 6.05. The van der Waals surface area contributed by atoms with E-state index in [1.54, 1.807) is 0 Å². The van der Waals surface area contributed by atoms with Crippen molar-refractivity contribution in [3.8, 4) is 0 Å². The Morgan fingerprint density at radius 2 is 1.85 bits per heavy atom. The highest BCUT2D eigenvalue weighted by Gasteiger charge is 2.37. The van der Waals surface area contributed by atoms with Crippen LogP contribution in [0.25, 0.3) is 10.9 Å². The molecule has 1 fully saturated rings. The van der Waals surface area contributed by atoms with E-state index in [4.69, 9.17) is 0 Å². The van der Waals surface area contributed by atoms with Gasteiger partial charge in [-0.3, -0.25) is 0 Å². The second-order valence-corrected chi connectivity index (χ2v) is 7.27. The fourth-order valence-electron chi connectivity index (χ4n) is 4.60. The maximum atomic E-state index is 12.2. The van der Waals surface area contributed by atoms with Crippen molar-refractivity contribution in [2.24, 2.45) is 0 Å². The number of carboxylic acid groups (broad SMARTS) is 1. The predicted molar refractivity (Wildman–Crippen MR) is 102 cm³/mol. The lowest BCUT2D eigenvalue weighted by molar-refractivity contribution is 0.0696. The van der Waals surface area contributed by atoms with Gasteiger partial charge in [0.15, 0.2) is 0 Å². The molecule has 5 heteroatoms. The van der Waals surface area contributed by atoms with E-state index in [0.717, 1.165) is 36.2 Å². The molecular weight excluding hydrogens is 326 g/mol. The molecule has 0 aliphatic carbocycles. The topological polar surface area (TPSA) is 48.7 Å². The molecular formula is C21H21N3O2. The number of likely N-dealkylation sites (N-methyl/N-ethyl adjacent to an activating group) is 1. The first-order chi connectivity index (χ1) is 12.6. The van der Waals surface area contributed by atoms with Crippen molar-refractivity contribution in [2.45, 2.75) is 12.6 Å². The number of carbonyl (C=O) groups is 1. The van der Waals surface area contributed by atoms with Gasteiger partial charge in [0.1, 0.15) is 0 Å². The number of benzene rings is 2. The minimum absolute atomic E-state index is 0.0379. The van der Waals surface area contributed by atoms with E-state index in [0.29, 0.717) is 12.1 Å². The van der Waals surface area contributed by atoms with Crippen molar-refractivity contribution in [1.29, 1.82) is 0 Å². The number of nitrogens with zero attached hydrogens (tertiary/aromatic N) is 3. The van der Waals surface area contributed by atoms with E-state index in [2.05, 4.69) is 45.7 Å². The Kier molecular flexibility index (Phi) is 3.34. The number of hydrogen-bond donors (Lipinski definition) is 1. The predicted octanol–water partition coefficient (Wildman–Crippen LogP) is 3.19. The van der Waals surface area contributed by atoms with Gasteiger partial charge in [0.05, 0.1) is 17.3 Å². The van der Waals surface area contributed by atoms with E-state index in [9.17, 15) is 9.90 Å². The second kappa shape index (κ2) is 5.61. The summed E-state index contributed by atoms with van der Waals surface area (Å²) in [6, 6.07) is 16.4. The zero-order valence-electron chi connectivity index (χ0n) is 14.7. The van der Waals surface area contributed by atoms with Crippen LogP contribution in [0.3, 0.4) is 0 Å². The zero-order chi connectivity index (χ0) is 17.8. The van der Waals surface area contributed by atoms with Crippen LogP contribution in [0.5, 0.6) is 0 Å². The number of aromatic carboxylic acids is 1. The molecule has 1 unspecified atom stereocenters. The highest BCUT2D eigenvalue weighted by atomic mass is 16.4. The van der Waals surface area contributed by atoms with E-state index in [-0.39, 0.29) is 6.04 Å². The summed E-state index contributed by atoms with van der Waals surface area (Å²) in [5, 5.41) is 10.9. The molecule has 1 N–H and O–H groups in total. The zero-order valence-corrected chi connectivity index (χ0v) is 14.7. The SMILES string of the molecule is CN1CCN2c3ccccc3Cn3c(c(C(=O)O)c4ccccc43)C2C1. The monoisotopic (exact) mass is 347 g/mol. The first-order valence-corrected chi connectivity index (χ1v) is 9.02. The standard InChI is InChI=1S/C21H21N3O2/c1-22-10-11-23-16-8-4-2-6-14(16)12-24-17-9-5-3-7-15(17)19(21(25)26)20(24)18(23)13-22/h2-9,18H,10-13H2,1H3,(H,25,26). The molecule has 2 aliphatic heterocycles. The molecule has 0 radical (unpaired) electrons. The van der Waals surface area contributed by atoms with Crippen molar-refractivity contribution >= 4 is 22.6 Å². The molecule has 0 bridgehead atoms. The van der Waals surface area contributed by atoms with Gasteiger partial charge in [-0.15, -0.1) is 0 Å². The van der Waals surface area contributed by atoms with Gasteiger partial charge in [0.2, 0.25) is 0 Å². The van der Waals surface area contributed by atoms with E-state index in [1.165, 1.54) is 11.3 Å². The maximum absolute atomic E-state index is 12.2. The van der Waals surface area contributed by atoms with Crippen molar-refractivity contribution in [3.63, 3.8) is 0 Å². The van der Waals surface area contributed by atoms with E-state index >= 15 is 0 Å². The molecule has 5 rings (SSSR count). The Morgan fingerprint density at radius 1 is 1.08 bits per heavy atom. The van der Waals surface area contributed by atoms with Gasteiger partial charge >= 0.3 is 5.97 Å². The summed E-state index contributed by atoms with van der Waals surface area (Å²) in [6.07, 6.45) is 0. The molecule has 2 aromatic carbocycles. The summed E-state index contributed by atoms with van der Waals surface area (Å²) in [4.78, 5) is 16.9. The van der Waals surface area contributed by atoms with Gasteiger partial charge in [-0.25, -0.2) is 4.79 Å². The van der Waals surface area contributed by atoms with Crippen LogP contribution >= 0.6 is 0 Å². The highest BCUT2D eigenvalue weighted by Crippen LogP contribution is 2.41. The van der Waals surface area contributed by atoms with Crippen LogP contribution < -0.4 is 4.90 Å². The van der Waals surface area contributed by atoms with E-state index in [1.807, 2.05) is 24.3 Å².